The maximum absolute atomic E-state index is 12.5. The third kappa shape index (κ3) is 4.67. The normalized spacial score (nSPS) is 11.1. The topological polar surface area (TPSA) is 66.9 Å². The Morgan fingerprint density at radius 1 is 1.13 bits per heavy atom. The average molecular weight is 324 g/mol. The van der Waals surface area contributed by atoms with Crippen LogP contribution in [0.15, 0.2) is 36.7 Å². The van der Waals surface area contributed by atoms with Crippen LogP contribution in [0.25, 0.3) is 0 Å². The van der Waals surface area contributed by atoms with E-state index in [4.69, 9.17) is 0 Å². The van der Waals surface area contributed by atoms with E-state index in [1.54, 1.807) is 0 Å². The highest BCUT2D eigenvalue weighted by Crippen LogP contribution is 2.29. The standard InChI is InChI=1S/C15H15F3N4O/c1-2-7-19-14-20-8-10(9-21-14)13(23)22-12-5-3-11(4-6-12)15(16,17)18/h3-6,8-9H,2,7H2,1H3,(H,22,23)(H,19,20,21). The van der Waals surface area contributed by atoms with Crippen molar-refractivity contribution in [1.29, 1.82) is 0 Å². The summed E-state index contributed by atoms with van der Waals surface area (Å²) in [5, 5.41) is 5.46. The predicted molar refractivity (Wildman–Crippen MR) is 80.2 cm³/mol. The molecule has 0 atom stereocenters. The van der Waals surface area contributed by atoms with Crippen molar-refractivity contribution in [2.75, 3.05) is 17.2 Å². The van der Waals surface area contributed by atoms with Gasteiger partial charge in [0.25, 0.3) is 5.91 Å². The molecule has 0 radical (unpaired) electrons. The molecular weight excluding hydrogens is 309 g/mol. The van der Waals surface area contributed by atoms with Gasteiger partial charge in [0.1, 0.15) is 0 Å². The number of amides is 1. The molecule has 8 heteroatoms. The minimum Gasteiger partial charge on any atom is -0.354 e. The third-order valence-electron chi connectivity index (χ3n) is 2.92. The van der Waals surface area contributed by atoms with Gasteiger partial charge in [-0.15, -0.1) is 0 Å². The fraction of sp³-hybridized carbons (Fsp3) is 0.267. The highest BCUT2D eigenvalue weighted by Gasteiger charge is 2.29. The molecule has 1 aromatic carbocycles. The smallest absolute Gasteiger partial charge is 0.354 e. The van der Waals surface area contributed by atoms with E-state index in [2.05, 4.69) is 20.6 Å². The third-order valence-corrected chi connectivity index (χ3v) is 2.92. The Bertz CT molecular complexity index is 654. The van der Waals surface area contributed by atoms with E-state index in [0.717, 1.165) is 25.1 Å². The number of rotatable bonds is 5. The average Bonchev–Trinajstić information content (AvgIpc) is 2.53. The summed E-state index contributed by atoms with van der Waals surface area (Å²) in [6.45, 7) is 2.72. The van der Waals surface area contributed by atoms with Gasteiger partial charge < -0.3 is 10.6 Å². The van der Waals surface area contributed by atoms with Gasteiger partial charge in [-0.05, 0) is 30.7 Å². The van der Waals surface area contributed by atoms with E-state index in [1.165, 1.54) is 24.5 Å². The fourth-order valence-corrected chi connectivity index (χ4v) is 1.72. The van der Waals surface area contributed by atoms with Crippen molar-refractivity contribution in [1.82, 2.24) is 9.97 Å². The highest BCUT2D eigenvalue weighted by molar-refractivity contribution is 6.03. The zero-order chi connectivity index (χ0) is 16.9. The number of hydrogen-bond donors (Lipinski definition) is 2. The molecule has 122 valence electrons. The first kappa shape index (κ1) is 16.7. The lowest BCUT2D eigenvalue weighted by Gasteiger charge is -2.09. The summed E-state index contributed by atoms with van der Waals surface area (Å²) in [4.78, 5) is 20.0. The van der Waals surface area contributed by atoms with E-state index in [-0.39, 0.29) is 11.3 Å². The SMILES string of the molecule is CCCNc1ncc(C(=O)Nc2ccc(C(F)(F)F)cc2)cn1. The number of alkyl halides is 3. The van der Waals surface area contributed by atoms with Crippen LogP contribution in [0.4, 0.5) is 24.8 Å². The first-order chi connectivity index (χ1) is 10.9. The Morgan fingerprint density at radius 3 is 2.26 bits per heavy atom. The van der Waals surface area contributed by atoms with Gasteiger partial charge in [-0.3, -0.25) is 4.79 Å². The summed E-state index contributed by atoms with van der Waals surface area (Å²) in [6, 6.07) is 4.20. The van der Waals surface area contributed by atoms with Crippen LogP contribution in [-0.4, -0.2) is 22.4 Å². The van der Waals surface area contributed by atoms with E-state index < -0.39 is 17.6 Å². The number of nitrogens with zero attached hydrogens (tertiary/aromatic N) is 2. The summed E-state index contributed by atoms with van der Waals surface area (Å²) in [5.41, 5.74) is -0.298. The first-order valence-electron chi connectivity index (χ1n) is 6.94. The summed E-state index contributed by atoms with van der Waals surface area (Å²) in [6.07, 6.45) is -0.786. The summed E-state index contributed by atoms with van der Waals surface area (Å²) in [7, 11) is 0. The number of halogens is 3. The summed E-state index contributed by atoms with van der Waals surface area (Å²) in [5.74, 6) is -0.0790. The van der Waals surface area contributed by atoms with E-state index >= 15 is 0 Å². The van der Waals surface area contributed by atoms with Crippen LogP contribution in [0.1, 0.15) is 29.3 Å². The van der Waals surface area contributed by atoms with E-state index in [1.807, 2.05) is 6.92 Å². The number of hydrogen-bond acceptors (Lipinski definition) is 4. The Labute approximate surface area is 131 Å². The Morgan fingerprint density at radius 2 is 1.74 bits per heavy atom. The van der Waals surface area contributed by atoms with Crippen molar-refractivity contribution >= 4 is 17.5 Å². The molecule has 2 N–H and O–H groups in total. The molecule has 0 fully saturated rings. The van der Waals surface area contributed by atoms with E-state index in [9.17, 15) is 18.0 Å². The molecule has 0 aliphatic heterocycles. The molecular formula is C15H15F3N4O. The monoisotopic (exact) mass is 324 g/mol. The Kier molecular flexibility index (Phi) is 5.15. The van der Waals surface area contributed by atoms with Crippen LogP contribution in [0, 0.1) is 0 Å². The molecule has 5 nitrogen and oxygen atoms in total. The van der Waals surface area contributed by atoms with Crippen molar-refractivity contribution in [2.24, 2.45) is 0 Å². The van der Waals surface area contributed by atoms with Gasteiger partial charge in [0, 0.05) is 24.6 Å². The van der Waals surface area contributed by atoms with Crippen molar-refractivity contribution in [3.63, 3.8) is 0 Å². The molecule has 0 bridgehead atoms. The molecule has 2 aromatic rings. The van der Waals surface area contributed by atoms with Crippen LogP contribution in [0.2, 0.25) is 0 Å². The van der Waals surface area contributed by atoms with Gasteiger partial charge in [0.2, 0.25) is 5.95 Å². The van der Waals surface area contributed by atoms with Crippen LogP contribution < -0.4 is 10.6 Å². The van der Waals surface area contributed by atoms with Gasteiger partial charge in [-0.25, -0.2) is 9.97 Å². The molecule has 0 unspecified atom stereocenters. The molecule has 1 aromatic heterocycles. The lowest BCUT2D eigenvalue weighted by Crippen LogP contribution is -2.14. The number of nitrogens with one attached hydrogen (secondary N) is 2. The van der Waals surface area contributed by atoms with Gasteiger partial charge in [-0.2, -0.15) is 13.2 Å². The number of carbonyl (C=O) groups excluding carboxylic acids is 1. The molecule has 0 saturated carbocycles. The maximum atomic E-state index is 12.5. The molecule has 0 aliphatic carbocycles. The second kappa shape index (κ2) is 7.08. The van der Waals surface area contributed by atoms with Gasteiger partial charge >= 0.3 is 6.18 Å². The molecule has 23 heavy (non-hydrogen) atoms. The first-order valence-corrected chi connectivity index (χ1v) is 6.94. The predicted octanol–water partition coefficient (Wildman–Crippen LogP) is 3.57. The highest BCUT2D eigenvalue weighted by atomic mass is 19.4. The quantitative estimate of drug-likeness (QED) is 0.882. The lowest BCUT2D eigenvalue weighted by molar-refractivity contribution is -0.137. The van der Waals surface area contributed by atoms with Crippen molar-refractivity contribution in [3.05, 3.63) is 47.8 Å². The van der Waals surface area contributed by atoms with Crippen LogP contribution in [-0.2, 0) is 6.18 Å². The van der Waals surface area contributed by atoms with Gasteiger partial charge in [-0.1, -0.05) is 6.92 Å². The van der Waals surface area contributed by atoms with E-state index in [0.29, 0.717) is 5.95 Å². The van der Waals surface area contributed by atoms with Crippen molar-refractivity contribution in [3.8, 4) is 0 Å². The number of carbonyl (C=O) groups is 1. The summed E-state index contributed by atoms with van der Waals surface area (Å²) < 4.78 is 37.4. The van der Waals surface area contributed by atoms with Crippen LogP contribution in [0.3, 0.4) is 0 Å². The minimum absolute atomic E-state index is 0.215. The van der Waals surface area contributed by atoms with Gasteiger partial charge in [0.15, 0.2) is 0 Å². The van der Waals surface area contributed by atoms with Gasteiger partial charge in [0.05, 0.1) is 11.1 Å². The largest absolute Gasteiger partial charge is 0.416 e. The number of aromatic nitrogens is 2. The zero-order valence-electron chi connectivity index (χ0n) is 12.3. The molecule has 0 spiro atoms. The van der Waals surface area contributed by atoms with Crippen LogP contribution in [0.5, 0.6) is 0 Å². The fourth-order valence-electron chi connectivity index (χ4n) is 1.72. The van der Waals surface area contributed by atoms with Crippen molar-refractivity contribution < 1.29 is 18.0 Å². The second-order valence-corrected chi connectivity index (χ2v) is 4.75. The minimum atomic E-state index is -4.41. The molecule has 1 amide bonds. The molecule has 2 rings (SSSR count). The number of anilines is 2. The second-order valence-electron chi connectivity index (χ2n) is 4.75. The molecule has 0 aliphatic rings. The molecule has 0 saturated heterocycles. The summed E-state index contributed by atoms with van der Waals surface area (Å²) >= 11 is 0. The zero-order valence-corrected chi connectivity index (χ0v) is 12.3. The lowest BCUT2D eigenvalue weighted by atomic mass is 10.2. The van der Waals surface area contributed by atoms with Crippen molar-refractivity contribution in [2.45, 2.75) is 19.5 Å². The van der Waals surface area contributed by atoms with Crippen LogP contribution >= 0.6 is 0 Å². The maximum Gasteiger partial charge on any atom is 0.416 e. The Balaban J connectivity index is 2.01. The Hall–Kier alpha value is -2.64. The molecule has 1 heterocycles. The number of benzene rings is 1.